The highest BCUT2D eigenvalue weighted by Gasteiger charge is 2.18. The fourth-order valence-corrected chi connectivity index (χ4v) is 2.70. The number of hydrogen-bond acceptors (Lipinski definition) is 1. The summed E-state index contributed by atoms with van der Waals surface area (Å²) in [6.07, 6.45) is 4.27. The van der Waals surface area contributed by atoms with Crippen molar-refractivity contribution in [2.75, 3.05) is 0 Å². The third-order valence-electron chi connectivity index (χ3n) is 2.44. The maximum Gasteiger partial charge on any atom is 0.0104 e. The van der Waals surface area contributed by atoms with Gasteiger partial charge in [0.1, 0.15) is 0 Å². The summed E-state index contributed by atoms with van der Waals surface area (Å²) >= 11 is 2.06. The maximum absolute atomic E-state index is 2.23. The smallest absolute Gasteiger partial charge is 0.0104 e. The van der Waals surface area contributed by atoms with E-state index in [1.165, 1.54) is 29.7 Å². The van der Waals surface area contributed by atoms with Crippen molar-refractivity contribution in [3.8, 4) is 0 Å². The van der Waals surface area contributed by atoms with E-state index in [0.717, 1.165) is 5.25 Å². The van der Waals surface area contributed by atoms with Crippen molar-refractivity contribution < 1.29 is 0 Å². The monoisotopic (exact) mass is 178 g/mol. The first-order chi connectivity index (χ1) is 5.86. The van der Waals surface area contributed by atoms with Crippen LogP contribution in [0.15, 0.2) is 29.2 Å². The van der Waals surface area contributed by atoms with Crippen LogP contribution >= 0.6 is 11.8 Å². The topological polar surface area (TPSA) is 0 Å². The molecule has 0 bridgehead atoms. The van der Waals surface area contributed by atoms with Gasteiger partial charge >= 0.3 is 0 Å². The van der Waals surface area contributed by atoms with Gasteiger partial charge in [-0.05, 0) is 31.4 Å². The molecule has 1 aliphatic rings. The van der Waals surface area contributed by atoms with Crippen molar-refractivity contribution in [1.29, 1.82) is 0 Å². The van der Waals surface area contributed by atoms with Crippen LogP contribution in [-0.4, -0.2) is 5.25 Å². The second-order valence-corrected chi connectivity index (χ2v) is 4.78. The first-order valence-electron chi connectivity index (χ1n) is 4.58. The van der Waals surface area contributed by atoms with Crippen molar-refractivity contribution >= 4 is 11.8 Å². The average molecular weight is 178 g/mol. The lowest BCUT2D eigenvalue weighted by molar-refractivity contribution is 0.522. The molecule has 0 amide bonds. The average Bonchev–Trinajstić information content (AvgIpc) is 2.00. The van der Waals surface area contributed by atoms with E-state index in [0.29, 0.717) is 0 Å². The van der Waals surface area contributed by atoms with Crippen LogP contribution in [0, 0.1) is 6.92 Å². The highest BCUT2D eigenvalue weighted by molar-refractivity contribution is 8.00. The van der Waals surface area contributed by atoms with Crippen LogP contribution in [0.4, 0.5) is 0 Å². The van der Waals surface area contributed by atoms with Crippen molar-refractivity contribution in [3.05, 3.63) is 29.8 Å². The summed E-state index contributed by atoms with van der Waals surface area (Å²) in [7, 11) is 0. The lowest BCUT2D eigenvalue weighted by Crippen LogP contribution is -2.12. The molecule has 1 aromatic carbocycles. The molecular weight excluding hydrogens is 164 g/mol. The third kappa shape index (κ3) is 1.66. The molecule has 0 atom stereocenters. The number of benzene rings is 1. The van der Waals surface area contributed by atoms with Crippen molar-refractivity contribution in [1.82, 2.24) is 0 Å². The third-order valence-corrected chi connectivity index (χ3v) is 3.96. The van der Waals surface area contributed by atoms with Gasteiger partial charge in [-0.3, -0.25) is 0 Å². The Bertz CT molecular complexity index is 263. The zero-order valence-electron chi connectivity index (χ0n) is 7.42. The van der Waals surface area contributed by atoms with Crippen molar-refractivity contribution in [2.45, 2.75) is 36.3 Å². The predicted octanol–water partition coefficient (Wildman–Crippen LogP) is 3.64. The molecule has 1 heteroatoms. The number of thioether (sulfide) groups is 1. The van der Waals surface area contributed by atoms with Crippen LogP contribution in [0.3, 0.4) is 0 Å². The van der Waals surface area contributed by atoms with Gasteiger partial charge in [-0.2, -0.15) is 0 Å². The van der Waals surface area contributed by atoms with Gasteiger partial charge in [-0.15, -0.1) is 11.8 Å². The largest absolute Gasteiger partial charge is 0.122 e. The number of hydrogen-bond donors (Lipinski definition) is 0. The normalized spacial score (nSPS) is 17.4. The van der Waals surface area contributed by atoms with E-state index >= 15 is 0 Å². The van der Waals surface area contributed by atoms with E-state index in [9.17, 15) is 0 Å². The van der Waals surface area contributed by atoms with Crippen LogP contribution in [0.1, 0.15) is 24.8 Å². The molecule has 12 heavy (non-hydrogen) atoms. The van der Waals surface area contributed by atoms with Crippen LogP contribution < -0.4 is 0 Å². The van der Waals surface area contributed by atoms with Crippen LogP contribution in [-0.2, 0) is 0 Å². The first kappa shape index (κ1) is 8.18. The van der Waals surface area contributed by atoms with Gasteiger partial charge < -0.3 is 0 Å². The zero-order chi connectivity index (χ0) is 8.39. The second-order valence-electron chi connectivity index (χ2n) is 3.44. The van der Waals surface area contributed by atoms with Gasteiger partial charge in [0.25, 0.3) is 0 Å². The molecule has 64 valence electrons. The number of aryl methyl sites for hydroxylation is 1. The van der Waals surface area contributed by atoms with E-state index in [-0.39, 0.29) is 0 Å². The highest BCUT2D eigenvalue weighted by atomic mass is 32.2. The maximum atomic E-state index is 2.23. The minimum Gasteiger partial charge on any atom is -0.122 e. The molecule has 0 aliphatic heterocycles. The Kier molecular flexibility index (Phi) is 2.40. The molecule has 1 aliphatic carbocycles. The molecular formula is C11H14S. The summed E-state index contributed by atoms with van der Waals surface area (Å²) in [5, 5.41) is 0.908. The molecule has 0 saturated heterocycles. The van der Waals surface area contributed by atoms with Gasteiger partial charge in [0.05, 0.1) is 0 Å². The molecule has 0 heterocycles. The molecule has 0 nitrogen and oxygen atoms in total. The minimum absolute atomic E-state index is 0.908. The molecule has 1 saturated carbocycles. The van der Waals surface area contributed by atoms with E-state index in [2.05, 4.69) is 43.0 Å². The fourth-order valence-electron chi connectivity index (χ4n) is 1.36. The van der Waals surface area contributed by atoms with E-state index in [1.54, 1.807) is 0 Å². The summed E-state index contributed by atoms with van der Waals surface area (Å²) < 4.78 is 0. The first-order valence-corrected chi connectivity index (χ1v) is 5.46. The van der Waals surface area contributed by atoms with Gasteiger partial charge in [-0.25, -0.2) is 0 Å². The summed E-state index contributed by atoms with van der Waals surface area (Å²) in [5.74, 6) is 0. The lowest BCUT2D eigenvalue weighted by Gasteiger charge is -2.25. The molecule has 1 fully saturated rings. The van der Waals surface area contributed by atoms with E-state index in [4.69, 9.17) is 0 Å². The van der Waals surface area contributed by atoms with E-state index in [1.807, 2.05) is 0 Å². The van der Waals surface area contributed by atoms with Crippen LogP contribution in [0.5, 0.6) is 0 Å². The summed E-state index contributed by atoms with van der Waals surface area (Å²) in [6, 6.07) is 8.67. The molecule has 0 unspecified atom stereocenters. The summed E-state index contributed by atoms with van der Waals surface area (Å²) in [5.41, 5.74) is 1.43. The molecule has 0 aromatic heterocycles. The fraction of sp³-hybridized carbons (Fsp3) is 0.455. The highest BCUT2D eigenvalue weighted by Crippen LogP contribution is 2.37. The molecule has 0 spiro atoms. The molecule has 0 radical (unpaired) electrons. The Labute approximate surface area is 78.4 Å². The number of rotatable bonds is 2. The summed E-state index contributed by atoms with van der Waals surface area (Å²) in [6.45, 7) is 2.20. The Balaban J connectivity index is 2.06. The van der Waals surface area contributed by atoms with Gasteiger partial charge in [0.2, 0.25) is 0 Å². The van der Waals surface area contributed by atoms with Crippen LogP contribution in [0.25, 0.3) is 0 Å². The molecule has 1 aromatic rings. The predicted molar refractivity (Wildman–Crippen MR) is 54.7 cm³/mol. The lowest BCUT2D eigenvalue weighted by atomic mass is 10.00. The Morgan fingerprint density at radius 3 is 2.58 bits per heavy atom. The quantitative estimate of drug-likeness (QED) is 0.666. The summed E-state index contributed by atoms with van der Waals surface area (Å²) in [4.78, 5) is 1.47. The van der Waals surface area contributed by atoms with Crippen molar-refractivity contribution in [2.24, 2.45) is 0 Å². The van der Waals surface area contributed by atoms with Gasteiger partial charge in [0, 0.05) is 10.1 Å². The second kappa shape index (κ2) is 3.53. The van der Waals surface area contributed by atoms with Gasteiger partial charge in [0.15, 0.2) is 0 Å². The minimum atomic E-state index is 0.908. The van der Waals surface area contributed by atoms with Gasteiger partial charge in [-0.1, -0.05) is 24.6 Å². The van der Waals surface area contributed by atoms with E-state index < -0.39 is 0 Å². The van der Waals surface area contributed by atoms with Crippen LogP contribution in [0.2, 0.25) is 0 Å². The Morgan fingerprint density at radius 1 is 1.25 bits per heavy atom. The van der Waals surface area contributed by atoms with Crippen molar-refractivity contribution in [3.63, 3.8) is 0 Å². The standard InChI is InChI=1S/C11H14S/c1-9-5-2-3-8-11(9)12-10-6-4-7-10/h2-3,5,8,10H,4,6-7H2,1H3. The molecule has 0 N–H and O–H groups in total. The Hall–Kier alpha value is -0.430. The Morgan fingerprint density at radius 2 is 2.00 bits per heavy atom. The zero-order valence-corrected chi connectivity index (χ0v) is 8.23. The SMILES string of the molecule is Cc1ccccc1SC1CCC1. The molecule has 2 rings (SSSR count).